The molecule has 0 spiro atoms. The van der Waals surface area contributed by atoms with E-state index in [0.29, 0.717) is 55.4 Å². The van der Waals surface area contributed by atoms with Crippen molar-refractivity contribution in [1.82, 2.24) is 30.3 Å². The first-order valence-electron chi connectivity index (χ1n) is 20.7. The number of hydrogen-bond acceptors (Lipinski definition) is 7. The van der Waals surface area contributed by atoms with Crippen LogP contribution in [0.1, 0.15) is 120 Å². The molecule has 3 aliphatic heterocycles. The van der Waals surface area contributed by atoms with E-state index in [4.69, 9.17) is 4.98 Å². The second kappa shape index (κ2) is 16.9. The fourth-order valence-corrected chi connectivity index (χ4v) is 10.3. The lowest BCUT2D eigenvalue weighted by molar-refractivity contribution is -0.127. The predicted molar refractivity (Wildman–Crippen MR) is 215 cm³/mol. The van der Waals surface area contributed by atoms with Crippen molar-refractivity contribution in [2.45, 2.75) is 113 Å². The largest absolute Gasteiger partial charge is 0.349 e. The standard InChI is InChI=1S/C44H56FN6O3P/c45-44(55)21-17-32(18-22-44)41(52)48-36(30-10-2-1-3-11-30)20-27-50-33-19-24-46-37(39(50)28-33)29-49(38-16-8-12-31-13-9-23-47-40(31)38)25-6-7-26-51-42(53)34-14-4-5-15-35(34)43(51)54/h1-5,9-11,13-15,23,32-33,36-39,46H,6-8,12,16-22,24-29,55H2,(H,48,52)/t32?,33-,36+,37?,38+,39-,44?/m1/s1. The average Bonchev–Trinajstić information content (AvgIpc) is 3.35. The maximum atomic E-state index is 14.5. The topological polar surface area (TPSA) is 97.9 Å². The molecule has 1 saturated carbocycles. The molecule has 0 radical (unpaired) electrons. The molecule has 4 heterocycles. The van der Waals surface area contributed by atoms with Crippen molar-refractivity contribution in [3.8, 4) is 0 Å². The van der Waals surface area contributed by atoms with Crippen molar-refractivity contribution in [1.29, 1.82) is 0 Å². The number of rotatable bonds is 14. The van der Waals surface area contributed by atoms with Crippen molar-refractivity contribution in [2.24, 2.45) is 5.92 Å². The minimum atomic E-state index is -1.25. The number of carbonyl (C=O) groups excluding carboxylic acids is 3. The number of aromatic nitrogens is 1. The number of benzene rings is 2. The Morgan fingerprint density at radius 3 is 2.47 bits per heavy atom. The van der Waals surface area contributed by atoms with Crippen LogP contribution in [0.3, 0.4) is 0 Å². The Hall–Kier alpha value is -3.56. The number of halogens is 1. The molecule has 3 amide bonds. The summed E-state index contributed by atoms with van der Waals surface area (Å²) >= 11 is 0. The third kappa shape index (κ3) is 8.44. The lowest BCUT2D eigenvalue weighted by atomic mass is 9.85. The van der Waals surface area contributed by atoms with Crippen LogP contribution >= 0.6 is 9.24 Å². The van der Waals surface area contributed by atoms with Crippen molar-refractivity contribution in [3.63, 3.8) is 0 Å². The Labute approximate surface area is 327 Å². The molecule has 11 heteroatoms. The van der Waals surface area contributed by atoms with E-state index < -0.39 is 5.41 Å². The van der Waals surface area contributed by atoms with Crippen LogP contribution in [0.4, 0.5) is 4.39 Å². The van der Waals surface area contributed by atoms with Crippen LogP contribution in [0.25, 0.3) is 0 Å². The predicted octanol–water partition coefficient (Wildman–Crippen LogP) is 6.62. The number of nitrogens with zero attached hydrogens (tertiary/aromatic N) is 4. The summed E-state index contributed by atoms with van der Waals surface area (Å²) in [5.74, 6) is -0.461. The maximum absolute atomic E-state index is 14.5. The molecular weight excluding hydrogens is 710 g/mol. The van der Waals surface area contributed by atoms with Crippen LogP contribution in [0, 0.1) is 5.92 Å². The molecule has 2 aliphatic carbocycles. The van der Waals surface area contributed by atoms with Gasteiger partial charge in [0.05, 0.1) is 28.9 Å². The van der Waals surface area contributed by atoms with Gasteiger partial charge in [-0.1, -0.05) is 57.8 Å². The molecule has 2 unspecified atom stereocenters. The second-order valence-corrected chi connectivity index (χ2v) is 17.6. The van der Waals surface area contributed by atoms with E-state index in [1.807, 2.05) is 42.6 Å². The first-order valence-corrected chi connectivity index (χ1v) is 21.3. The third-order valence-corrected chi connectivity index (χ3v) is 13.7. The van der Waals surface area contributed by atoms with Gasteiger partial charge in [-0.25, -0.2) is 4.39 Å². The number of amides is 3. The summed E-state index contributed by atoms with van der Waals surface area (Å²) in [4.78, 5) is 51.3. The van der Waals surface area contributed by atoms with Gasteiger partial charge in [-0.05, 0) is 119 Å². The minimum Gasteiger partial charge on any atom is -0.349 e. The van der Waals surface area contributed by atoms with Crippen LogP contribution in [0.2, 0.25) is 0 Å². The molecule has 292 valence electrons. The van der Waals surface area contributed by atoms with Gasteiger partial charge in [-0.15, -0.1) is 0 Å². The van der Waals surface area contributed by atoms with Gasteiger partial charge < -0.3 is 10.6 Å². The molecular formula is C44H56FN6O3P. The van der Waals surface area contributed by atoms with E-state index >= 15 is 0 Å². The summed E-state index contributed by atoms with van der Waals surface area (Å²) in [7, 11) is 2.34. The summed E-state index contributed by atoms with van der Waals surface area (Å²) < 4.78 is 14.5. The van der Waals surface area contributed by atoms with Crippen molar-refractivity contribution in [3.05, 3.63) is 101 Å². The number of alkyl halides is 1. The number of hydrogen-bond donors (Lipinski definition) is 2. The minimum absolute atomic E-state index is 0.0509. The molecule has 3 fully saturated rings. The first-order chi connectivity index (χ1) is 26.8. The lowest BCUT2D eigenvalue weighted by Gasteiger charge is -2.51. The molecule has 9 nitrogen and oxygen atoms in total. The molecule has 1 aromatic heterocycles. The highest BCUT2D eigenvalue weighted by Gasteiger charge is 2.46. The van der Waals surface area contributed by atoms with E-state index in [0.717, 1.165) is 83.1 Å². The molecule has 5 aliphatic rings. The molecule has 3 aromatic rings. The van der Waals surface area contributed by atoms with E-state index in [2.05, 4.69) is 47.9 Å². The van der Waals surface area contributed by atoms with Crippen LogP contribution in [0.5, 0.6) is 0 Å². The highest BCUT2D eigenvalue weighted by Crippen LogP contribution is 2.41. The number of aryl methyl sites for hydroxylation is 1. The first kappa shape index (κ1) is 38.3. The van der Waals surface area contributed by atoms with Gasteiger partial charge >= 0.3 is 0 Å². The average molecular weight is 767 g/mol. The van der Waals surface area contributed by atoms with Crippen molar-refractivity contribution in [2.75, 3.05) is 32.7 Å². The summed E-state index contributed by atoms with van der Waals surface area (Å²) in [5, 5.41) is 6.10. The van der Waals surface area contributed by atoms with Gasteiger partial charge in [-0.3, -0.25) is 34.1 Å². The van der Waals surface area contributed by atoms with Crippen LogP contribution in [0.15, 0.2) is 72.9 Å². The molecule has 2 saturated heterocycles. The second-order valence-electron chi connectivity index (χ2n) is 16.6. The summed E-state index contributed by atoms with van der Waals surface area (Å²) in [6, 6.07) is 23.0. The summed E-state index contributed by atoms with van der Waals surface area (Å²) in [6.07, 6.45) is 11.9. The Morgan fingerprint density at radius 1 is 0.964 bits per heavy atom. The normalized spacial score (nSPS) is 28.3. The van der Waals surface area contributed by atoms with Gasteiger partial charge in [0, 0.05) is 49.9 Å². The number of nitrogens with one attached hydrogen (secondary N) is 2. The Balaban J connectivity index is 0.935. The van der Waals surface area contributed by atoms with Crippen LogP contribution in [-0.2, 0) is 11.2 Å². The van der Waals surface area contributed by atoms with Crippen LogP contribution < -0.4 is 10.6 Å². The van der Waals surface area contributed by atoms with Crippen molar-refractivity contribution < 1.29 is 18.8 Å². The quantitative estimate of drug-likeness (QED) is 0.108. The lowest BCUT2D eigenvalue weighted by Crippen LogP contribution is -2.63. The van der Waals surface area contributed by atoms with Gasteiger partial charge in [0.2, 0.25) is 5.91 Å². The molecule has 6 atom stereocenters. The van der Waals surface area contributed by atoms with E-state index in [1.165, 1.54) is 16.2 Å². The summed E-state index contributed by atoms with van der Waals surface area (Å²) in [6.45, 7) is 4.05. The number of pyridine rings is 1. The Morgan fingerprint density at radius 2 is 1.71 bits per heavy atom. The smallest absolute Gasteiger partial charge is 0.261 e. The number of fused-ring (bicyclic) bond motifs is 4. The van der Waals surface area contributed by atoms with Gasteiger partial charge in [0.25, 0.3) is 11.8 Å². The van der Waals surface area contributed by atoms with Crippen molar-refractivity contribution >= 4 is 27.0 Å². The molecule has 8 rings (SSSR count). The van der Waals surface area contributed by atoms with E-state index in [1.54, 1.807) is 12.1 Å². The Kier molecular flexibility index (Phi) is 11.8. The zero-order chi connectivity index (χ0) is 37.9. The molecule has 2 bridgehead atoms. The molecule has 2 aromatic carbocycles. The number of unbranched alkanes of at least 4 members (excludes halogenated alkanes) is 1. The fourth-order valence-electron chi connectivity index (χ4n) is 10.00. The fraction of sp³-hybridized carbons (Fsp3) is 0.545. The van der Waals surface area contributed by atoms with E-state index in [9.17, 15) is 18.8 Å². The SMILES string of the molecule is O=C(N[C@@H](CCN1[C@@H]2CCNC(CN(CCCCN3C(=O)c4ccccc4C3=O)[C@H]3CCCc4cccnc43)[C@H]1C2)c1ccccc1)C1CCC(F)(P)CC1. The van der Waals surface area contributed by atoms with Gasteiger partial charge in [-0.2, -0.15) is 0 Å². The summed E-state index contributed by atoms with van der Waals surface area (Å²) in [5.41, 5.74) is 4.67. The highest BCUT2D eigenvalue weighted by atomic mass is 31.0. The maximum Gasteiger partial charge on any atom is 0.261 e. The third-order valence-electron chi connectivity index (χ3n) is 13.1. The molecule has 2 N–H and O–H groups in total. The monoisotopic (exact) mass is 766 g/mol. The Bertz CT molecular complexity index is 1800. The van der Waals surface area contributed by atoms with Gasteiger partial charge in [0.15, 0.2) is 0 Å². The number of imide groups is 1. The number of carbonyl (C=O) groups is 3. The van der Waals surface area contributed by atoms with Crippen LogP contribution in [-0.4, -0.2) is 93.7 Å². The highest BCUT2D eigenvalue weighted by molar-refractivity contribution is 7.18. The molecule has 55 heavy (non-hydrogen) atoms. The van der Waals surface area contributed by atoms with Gasteiger partial charge in [0.1, 0.15) is 5.41 Å². The zero-order valence-electron chi connectivity index (χ0n) is 31.9. The zero-order valence-corrected chi connectivity index (χ0v) is 33.0. The van der Waals surface area contributed by atoms with E-state index in [-0.39, 0.29) is 41.8 Å².